The Morgan fingerprint density at radius 3 is 2.76 bits per heavy atom. The Kier molecular flexibility index (Phi) is 5.67. The predicted octanol–water partition coefficient (Wildman–Crippen LogP) is 3.29. The molecule has 2 aliphatic heterocycles. The first kappa shape index (κ1) is 21.7. The maximum atomic E-state index is 13.6. The Morgan fingerprint density at radius 1 is 1.24 bits per heavy atom. The van der Waals surface area contributed by atoms with Crippen LogP contribution >= 0.6 is 27.3 Å². The van der Waals surface area contributed by atoms with Crippen LogP contribution in [-0.2, 0) is 9.53 Å². The zero-order valence-electron chi connectivity index (χ0n) is 17.8. The molecule has 0 N–H and O–H groups in total. The van der Waals surface area contributed by atoms with Gasteiger partial charge in [0.25, 0.3) is 5.56 Å². The number of carbonyl (C=O) groups excluding carboxylic acids is 1. The lowest BCUT2D eigenvalue weighted by Crippen LogP contribution is -2.39. The van der Waals surface area contributed by atoms with Crippen molar-refractivity contribution in [3.63, 3.8) is 0 Å². The second-order valence-corrected chi connectivity index (χ2v) is 9.39. The summed E-state index contributed by atoms with van der Waals surface area (Å²) in [6.45, 7) is 3.86. The van der Waals surface area contributed by atoms with Gasteiger partial charge in [0.1, 0.15) is 0 Å². The van der Waals surface area contributed by atoms with Gasteiger partial charge in [0.2, 0.25) is 6.79 Å². The second-order valence-electron chi connectivity index (χ2n) is 7.47. The van der Waals surface area contributed by atoms with Crippen LogP contribution in [0, 0.1) is 0 Å². The van der Waals surface area contributed by atoms with Crippen LogP contribution in [0.1, 0.15) is 31.0 Å². The van der Waals surface area contributed by atoms with Gasteiger partial charge in [-0.25, -0.2) is 9.79 Å². The fourth-order valence-corrected chi connectivity index (χ4v) is 5.21. The topological polar surface area (TPSA) is 79.1 Å². The number of esters is 1. The van der Waals surface area contributed by atoms with E-state index in [9.17, 15) is 9.59 Å². The number of allylic oxidation sites excluding steroid dienone is 1. The standard InChI is InChI=1S/C24H19BrN2O5S/c1-3-30-23(29)20-13(2)26-24-27(21(20)15-6-9-17-18(11-15)32-12-31-17)22(28)19(33-24)10-14-4-7-16(25)8-5-14/h4-11,21H,3,12H2,1-2H3/b19-10-/t21-/m0/s1. The molecule has 9 heteroatoms. The van der Waals surface area contributed by atoms with E-state index in [4.69, 9.17) is 14.2 Å². The first-order chi connectivity index (χ1) is 16.0. The summed E-state index contributed by atoms with van der Waals surface area (Å²) in [7, 11) is 0. The van der Waals surface area contributed by atoms with Crippen LogP contribution < -0.4 is 24.4 Å². The fourth-order valence-electron chi connectivity index (χ4n) is 3.90. The molecule has 33 heavy (non-hydrogen) atoms. The van der Waals surface area contributed by atoms with E-state index in [2.05, 4.69) is 20.9 Å². The lowest BCUT2D eigenvalue weighted by atomic mass is 9.95. The molecule has 2 aliphatic rings. The molecule has 7 nitrogen and oxygen atoms in total. The molecule has 3 heterocycles. The molecule has 5 rings (SSSR count). The molecule has 2 aromatic carbocycles. The van der Waals surface area contributed by atoms with E-state index >= 15 is 0 Å². The van der Waals surface area contributed by atoms with Crippen LogP contribution in [0.15, 0.2) is 68.0 Å². The van der Waals surface area contributed by atoms with Crippen molar-refractivity contribution in [2.75, 3.05) is 13.4 Å². The van der Waals surface area contributed by atoms with Crippen LogP contribution in [0.2, 0.25) is 0 Å². The highest BCUT2D eigenvalue weighted by molar-refractivity contribution is 9.10. The molecule has 168 valence electrons. The number of hydrogen-bond donors (Lipinski definition) is 0. The number of aromatic nitrogens is 1. The van der Waals surface area contributed by atoms with Crippen LogP contribution in [0.5, 0.6) is 11.5 Å². The van der Waals surface area contributed by atoms with Gasteiger partial charge in [0.15, 0.2) is 16.3 Å². The number of hydrogen-bond acceptors (Lipinski definition) is 7. The van der Waals surface area contributed by atoms with Gasteiger partial charge in [-0.15, -0.1) is 0 Å². The number of carbonyl (C=O) groups is 1. The van der Waals surface area contributed by atoms with E-state index in [0.29, 0.717) is 37.7 Å². The van der Waals surface area contributed by atoms with E-state index in [-0.39, 0.29) is 19.0 Å². The monoisotopic (exact) mass is 526 g/mol. The summed E-state index contributed by atoms with van der Waals surface area (Å²) >= 11 is 4.72. The lowest BCUT2D eigenvalue weighted by Gasteiger charge is -2.24. The molecule has 0 saturated carbocycles. The van der Waals surface area contributed by atoms with E-state index in [1.807, 2.05) is 36.4 Å². The summed E-state index contributed by atoms with van der Waals surface area (Å²) in [5, 5.41) is 0. The van der Waals surface area contributed by atoms with Gasteiger partial charge in [0.05, 0.1) is 28.5 Å². The zero-order valence-corrected chi connectivity index (χ0v) is 20.2. The van der Waals surface area contributed by atoms with E-state index in [1.54, 1.807) is 30.5 Å². The molecule has 0 fully saturated rings. The number of nitrogens with zero attached hydrogens (tertiary/aromatic N) is 2. The Bertz CT molecular complexity index is 1470. The first-order valence-electron chi connectivity index (χ1n) is 10.3. The van der Waals surface area contributed by atoms with Gasteiger partial charge < -0.3 is 14.2 Å². The first-order valence-corrected chi connectivity index (χ1v) is 11.9. The average Bonchev–Trinajstić information content (AvgIpc) is 3.38. The summed E-state index contributed by atoms with van der Waals surface area (Å²) in [6.07, 6.45) is 1.83. The maximum absolute atomic E-state index is 13.6. The van der Waals surface area contributed by atoms with E-state index in [0.717, 1.165) is 10.0 Å². The van der Waals surface area contributed by atoms with Crippen LogP contribution in [-0.4, -0.2) is 23.9 Å². The molecule has 0 saturated heterocycles. The van der Waals surface area contributed by atoms with Crippen molar-refractivity contribution in [2.45, 2.75) is 19.9 Å². The van der Waals surface area contributed by atoms with Crippen molar-refractivity contribution in [1.82, 2.24) is 4.57 Å². The third kappa shape index (κ3) is 3.91. The number of halogens is 1. The van der Waals surface area contributed by atoms with Gasteiger partial charge >= 0.3 is 5.97 Å². The van der Waals surface area contributed by atoms with Gasteiger partial charge in [-0.1, -0.05) is 45.5 Å². The second kappa shape index (κ2) is 8.64. The molecule has 0 spiro atoms. The lowest BCUT2D eigenvalue weighted by molar-refractivity contribution is -0.139. The predicted molar refractivity (Wildman–Crippen MR) is 127 cm³/mol. The number of benzene rings is 2. The third-order valence-electron chi connectivity index (χ3n) is 5.40. The van der Waals surface area contributed by atoms with Gasteiger partial charge in [-0.2, -0.15) is 0 Å². The molecule has 0 unspecified atom stereocenters. The van der Waals surface area contributed by atoms with Gasteiger partial charge in [-0.3, -0.25) is 9.36 Å². The normalized spacial score (nSPS) is 17.1. The quantitative estimate of drug-likeness (QED) is 0.487. The smallest absolute Gasteiger partial charge is 0.338 e. The van der Waals surface area contributed by atoms with Crippen molar-refractivity contribution >= 4 is 39.3 Å². The van der Waals surface area contributed by atoms with Crippen molar-refractivity contribution in [3.05, 3.63) is 89.0 Å². The minimum Gasteiger partial charge on any atom is -0.463 e. The molecule has 0 amide bonds. The summed E-state index contributed by atoms with van der Waals surface area (Å²) in [5.41, 5.74) is 2.24. The Hall–Kier alpha value is -3.17. The molecule has 1 atom stereocenters. The Balaban J connectivity index is 1.72. The van der Waals surface area contributed by atoms with Crippen LogP contribution in [0.3, 0.4) is 0 Å². The zero-order chi connectivity index (χ0) is 23.1. The van der Waals surface area contributed by atoms with Crippen molar-refractivity contribution in [2.24, 2.45) is 4.99 Å². The molecular weight excluding hydrogens is 508 g/mol. The van der Waals surface area contributed by atoms with E-state index < -0.39 is 12.0 Å². The Morgan fingerprint density at radius 2 is 2.00 bits per heavy atom. The van der Waals surface area contributed by atoms with Gasteiger partial charge in [0, 0.05) is 4.47 Å². The maximum Gasteiger partial charge on any atom is 0.338 e. The number of fused-ring (bicyclic) bond motifs is 2. The highest BCUT2D eigenvalue weighted by Gasteiger charge is 2.34. The number of rotatable bonds is 4. The third-order valence-corrected chi connectivity index (χ3v) is 6.91. The number of thiazole rings is 1. The molecule has 0 bridgehead atoms. The minimum atomic E-state index is -0.693. The average molecular weight is 527 g/mol. The fraction of sp³-hybridized carbons (Fsp3) is 0.208. The summed E-state index contributed by atoms with van der Waals surface area (Å²) in [5.74, 6) is 0.700. The SMILES string of the molecule is CCOC(=O)C1=C(C)N=c2s/c(=C\c3ccc(Br)cc3)c(=O)n2[C@H]1c1ccc2c(c1)OCO2. The molecule has 3 aromatic rings. The van der Waals surface area contributed by atoms with Gasteiger partial charge in [-0.05, 0) is 55.3 Å². The van der Waals surface area contributed by atoms with E-state index in [1.165, 1.54) is 11.3 Å². The largest absolute Gasteiger partial charge is 0.463 e. The van der Waals surface area contributed by atoms with Crippen LogP contribution in [0.4, 0.5) is 0 Å². The molecule has 1 aromatic heterocycles. The van der Waals surface area contributed by atoms with Crippen molar-refractivity contribution in [3.8, 4) is 11.5 Å². The van der Waals surface area contributed by atoms with Crippen molar-refractivity contribution < 1.29 is 19.0 Å². The minimum absolute atomic E-state index is 0.133. The highest BCUT2D eigenvalue weighted by Crippen LogP contribution is 2.38. The highest BCUT2D eigenvalue weighted by atomic mass is 79.9. The Labute approximate surface area is 201 Å². The molecular formula is C24H19BrN2O5S. The van der Waals surface area contributed by atoms with Crippen molar-refractivity contribution in [1.29, 1.82) is 0 Å². The number of ether oxygens (including phenoxy) is 3. The van der Waals surface area contributed by atoms with Crippen LogP contribution in [0.25, 0.3) is 6.08 Å². The summed E-state index contributed by atoms with van der Waals surface area (Å²) < 4.78 is 19.3. The summed E-state index contributed by atoms with van der Waals surface area (Å²) in [6, 6.07) is 12.4. The summed E-state index contributed by atoms with van der Waals surface area (Å²) in [4.78, 5) is 31.7. The molecule has 0 radical (unpaired) electrons. The molecule has 0 aliphatic carbocycles.